The second-order valence-electron chi connectivity index (χ2n) is 5.39. The fourth-order valence-electron chi connectivity index (χ4n) is 2.53. The van der Waals surface area contributed by atoms with E-state index in [1.807, 2.05) is 6.07 Å². The summed E-state index contributed by atoms with van der Waals surface area (Å²) < 4.78 is 27.1. The number of benzene rings is 1. The number of rotatable bonds is 5. The van der Waals surface area contributed by atoms with Crippen molar-refractivity contribution in [3.8, 4) is 6.07 Å². The lowest BCUT2D eigenvalue weighted by molar-refractivity contribution is 0.233. The second kappa shape index (κ2) is 7.03. The average molecular weight is 307 g/mol. The van der Waals surface area contributed by atoms with E-state index >= 15 is 0 Å². The minimum absolute atomic E-state index is 0.220. The smallest absolute Gasteiger partial charge is 0.240 e. The molecular formula is C15H21N3O2S. The average Bonchev–Trinajstić information content (AvgIpc) is 2.48. The van der Waals surface area contributed by atoms with Gasteiger partial charge in [0.05, 0.1) is 16.5 Å². The molecule has 2 rings (SSSR count). The third kappa shape index (κ3) is 4.27. The molecule has 1 aliphatic rings. The third-order valence-electron chi connectivity index (χ3n) is 3.80. The molecule has 0 aromatic heterocycles. The minimum atomic E-state index is -3.49. The Kier molecular flexibility index (Phi) is 5.34. The van der Waals surface area contributed by atoms with Crippen molar-refractivity contribution in [2.24, 2.45) is 0 Å². The Labute approximate surface area is 126 Å². The molecule has 0 spiro atoms. The molecule has 21 heavy (non-hydrogen) atoms. The molecule has 1 heterocycles. The van der Waals surface area contributed by atoms with Gasteiger partial charge in [-0.25, -0.2) is 13.1 Å². The largest absolute Gasteiger partial charge is 0.302 e. The highest BCUT2D eigenvalue weighted by Crippen LogP contribution is 2.14. The summed E-state index contributed by atoms with van der Waals surface area (Å²) >= 11 is 0. The maximum absolute atomic E-state index is 12.2. The van der Waals surface area contributed by atoms with Crippen molar-refractivity contribution < 1.29 is 8.42 Å². The first-order valence-electron chi connectivity index (χ1n) is 7.26. The Morgan fingerprint density at radius 2 is 2.00 bits per heavy atom. The summed E-state index contributed by atoms with van der Waals surface area (Å²) in [6.45, 7) is 5.01. The van der Waals surface area contributed by atoms with Crippen LogP contribution in [0.2, 0.25) is 0 Å². The molecule has 0 unspecified atom stereocenters. The van der Waals surface area contributed by atoms with Gasteiger partial charge >= 0.3 is 0 Å². The van der Waals surface area contributed by atoms with E-state index in [1.54, 1.807) is 19.1 Å². The van der Waals surface area contributed by atoms with Crippen LogP contribution in [0.5, 0.6) is 0 Å². The Bertz CT molecular complexity index is 629. The van der Waals surface area contributed by atoms with Crippen LogP contribution in [0.3, 0.4) is 0 Å². The Hall–Kier alpha value is -1.42. The molecule has 0 bridgehead atoms. The summed E-state index contributed by atoms with van der Waals surface area (Å²) in [7, 11) is -3.49. The summed E-state index contributed by atoms with van der Waals surface area (Å²) in [5.41, 5.74) is 1.18. The van der Waals surface area contributed by atoms with Crippen LogP contribution in [0.15, 0.2) is 23.1 Å². The van der Waals surface area contributed by atoms with Crippen molar-refractivity contribution in [1.82, 2.24) is 9.62 Å². The third-order valence-corrected chi connectivity index (χ3v) is 5.26. The Morgan fingerprint density at radius 3 is 2.62 bits per heavy atom. The quantitative estimate of drug-likeness (QED) is 0.897. The number of piperidine rings is 1. The van der Waals surface area contributed by atoms with E-state index in [9.17, 15) is 8.42 Å². The Balaban J connectivity index is 1.95. The lowest BCUT2D eigenvalue weighted by Gasteiger charge is -2.26. The van der Waals surface area contributed by atoms with Crippen LogP contribution in [0.1, 0.15) is 30.4 Å². The Morgan fingerprint density at radius 1 is 1.29 bits per heavy atom. The lowest BCUT2D eigenvalue weighted by atomic mass is 10.1. The zero-order chi connectivity index (χ0) is 15.3. The van der Waals surface area contributed by atoms with Crippen LogP contribution in [-0.2, 0) is 10.0 Å². The molecule has 6 heteroatoms. The molecule has 1 aromatic rings. The fourth-order valence-corrected chi connectivity index (χ4v) is 3.64. The summed E-state index contributed by atoms with van der Waals surface area (Å²) in [6.07, 6.45) is 3.66. The first-order valence-corrected chi connectivity index (χ1v) is 8.74. The van der Waals surface area contributed by atoms with Crippen molar-refractivity contribution in [1.29, 1.82) is 5.26 Å². The van der Waals surface area contributed by atoms with Gasteiger partial charge in [-0.1, -0.05) is 6.42 Å². The molecule has 1 N–H and O–H groups in total. The fraction of sp³-hybridized carbons (Fsp3) is 0.533. The standard InChI is InChI=1S/C15H21N3O2S/c1-13-11-15(6-5-14(13)12-16)21(19,20)17-7-10-18-8-3-2-4-9-18/h5-6,11,17H,2-4,7-10H2,1H3. The zero-order valence-corrected chi connectivity index (χ0v) is 13.1. The van der Waals surface area contributed by atoms with E-state index in [4.69, 9.17) is 5.26 Å². The lowest BCUT2D eigenvalue weighted by Crippen LogP contribution is -2.37. The summed E-state index contributed by atoms with van der Waals surface area (Å²) in [5, 5.41) is 8.88. The summed E-state index contributed by atoms with van der Waals surface area (Å²) in [4.78, 5) is 2.51. The zero-order valence-electron chi connectivity index (χ0n) is 12.3. The molecule has 0 aliphatic carbocycles. The highest BCUT2D eigenvalue weighted by atomic mass is 32.2. The molecule has 5 nitrogen and oxygen atoms in total. The molecule has 1 aliphatic heterocycles. The summed E-state index contributed by atoms with van der Waals surface area (Å²) in [5.74, 6) is 0. The van der Waals surface area contributed by atoms with Crippen LogP contribution in [-0.4, -0.2) is 39.5 Å². The van der Waals surface area contributed by atoms with Crippen molar-refractivity contribution in [2.45, 2.75) is 31.1 Å². The van der Waals surface area contributed by atoms with Crippen molar-refractivity contribution in [3.05, 3.63) is 29.3 Å². The van der Waals surface area contributed by atoms with E-state index in [-0.39, 0.29) is 4.90 Å². The van der Waals surface area contributed by atoms with Crippen LogP contribution >= 0.6 is 0 Å². The van der Waals surface area contributed by atoms with Gasteiger partial charge in [0.25, 0.3) is 0 Å². The van der Waals surface area contributed by atoms with Gasteiger partial charge < -0.3 is 4.90 Å². The first kappa shape index (κ1) is 16.0. The highest BCUT2D eigenvalue weighted by Gasteiger charge is 2.16. The number of nitrogens with zero attached hydrogens (tertiary/aromatic N) is 2. The van der Waals surface area contributed by atoms with Crippen molar-refractivity contribution in [3.63, 3.8) is 0 Å². The van der Waals surface area contributed by atoms with Gasteiger partial charge in [0, 0.05) is 13.1 Å². The molecule has 0 radical (unpaired) electrons. The number of hydrogen-bond acceptors (Lipinski definition) is 4. The minimum Gasteiger partial charge on any atom is -0.302 e. The number of hydrogen-bond donors (Lipinski definition) is 1. The SMILES string of the molecule is Cc1cc(S(=O)(=O)NCCN2CCCCC2)ccc1C#N. The van der Waals surface area contributed by atoms with E-state index in [0.29, 0.717) is 17.7 Å². The molecule has 1 saturated heterocycles. The number of likely N-dealkylation sites (tertiary alicyclic amines) is 1. The van der Waals surface area contributed by atoms with Gasteiger partial charge in [0.2, 0.25) is 10.0 Å². The van der Waals surface area contributed by atoms with Crippen LogP contribution in [0, 0.1) is 18.3 Å². The first-order chi connectivity index (χ1) is 10.0. The van der Waals surface area contributed by atoms with Crippen LogP contribution in [0.4, 0.5) is 0 Å². The molecule has 0 saturated carbocycles. The molecule has 1 aromatic carbocycles. The number of nitriles is 1. The number of nitrogens with one attached hydrogen (secondary N) is 1. The molecule has 0 atom stereocenters. The number of sulfonamides is 1. The van der Waals surface area contributed by atoms with Crippen molar-refractivity contribution >= 4 is 10.0 Å². The predicted molar refractivity (Wildman–Crippen MR) is 81.4 cm³/mol. The van der Waals surface area contributed by atoms with Gasteiger partial charge in [-0.2, -0.15) is 5.26 Å². The van der Waals surface area contributed by atoms with Crippen LogP contribution in [0.25, 0.3) is 0 Å². The van der Waals surface area contributed by atoms with Gasteiger partial charge in [-0.05, 0) is 56.6 Å². The van der Waals surface area contributed by atoms with E-state index in [0.717, 1.165) is 19.6 Å². The monoisotopic (exact) mass is 307 g/mol. The molecule has 1 fully saturated rings. The highest BCUT2D eigenvalue weighted by molar-refractivity contribution is 7.89. The molecule has 114 valence electrons. The maximum atomic E-state index is 12.2. The number of aryl methyl sites for hydroxylation is 1. The normalized spacial score (nSPS) is 16.6. The van der Waals surface area contributed by atoms with E-state index in [2.05, 4.69) is 9.62 Å². The van der Waals surface area contributed by atoms with Gasteiger partial charge in [-0.3, -0.25) is 0 Å². The molecular weight excluding hydrogens is 286 g/mol. The predicted octanol–water partition coefficient (Wildman–Crippen LogP) is 1.63. The van der Waals surface area contributed by atoms with Crippen molar-refractivity contribution in [2.75, 3.05) is 26.2 Å². The summed E-state index contributed by atoms with van der Waals surface area (Å²) in [6, 6.07) is 6.61. The van der Waals surface area contributed by atoms with E-state index in [1.165, 1.54) is 25.3 Å². The topological polar surface area (TPSA) is 73.2 Å². The van der Waals surface area contributed by atoms with Gasteiger partial charge in [0.15, 0.2) is 0 Å². The van der Waals surface area contributed by atoms with Crippen LogP contribution < -0.4 is 4.72 Å². The van der Waals surface area contributed by atoms with Gasteiger partial charge in [-0.15, -0.1) is 0 Å². The second-order valence-corrected chi connectivity index (χ2v) is 7.16. The van der Waals surface area contributed by atoms with Gasteiger partial charge in [0.1, 0.15) is 0 Å². The van der Waals surface area contributed by atoms with E-state index < -0.39 is 10.0 Å². The maximum Gasteiger partial charge on any atom is 0.240 e. The molecule has 0 amide bonds.